The molecule has 0 heterocycles. The third-order valence-electron chi connectivity index (χ3n) is 4.56. The van der Waals surface area contributed by atoms with Gasteiger partial charge in [-0.05, 0) is 55.4 Å². The number of hydrogen-bond acceptors (Lipinski definition) is 3. The van der Waals surface area contributed by atoms with E-state index in [0.29, 0.717) is 17.4 Å². The van der Waals surface area contributed by atoms with Gasteiger partial charge in [0.15, 0.2) is 0 Å². The largest absolute Gasteiger partial charge is 0.327 e. The van der Waals surface area contributed by atoms with E-state index in [9.17, 15) is 4.79 Å². The SMILES string of the molecule is N#Cc1ccc(NC(=O)C2C3CCC(C3)C2N)cc1. The summed E-state index contributed by atoms with van der Waals surface area (Å²) in [5.41, 5.74) is 7.49. The van der Waals surface area contributed by atoms with Crippen LogP contribution in [0.25, 0.3) is 0 Å². The molecule has 4 nitrogen and oxygen atoms in total. The maximum Gasteiger partial charge on any atom is 0.229 e. The van der Waals surface area contributed by atoms with Crippen LogP contribution in [-0.2, 0) is 4.79 Å². The first-order valence-electron chi connectivity index (χ1n) is 6.75. The molecule has 0 aromatic heterocycles. The molecule has 2 fully saturated rings. The van der Waals surface area contributed by atoms with Crippen molar-refractivity contribution in [3.63, 3.8) is 0 Å². The molecule has 4 heteroatoms. The summed E-state index contributed by atoms with van der Waals surface area (Å²) in [6.45, 7) is 0. The van der Waals surface area contributed by atoms with Gasteiger partial charge in [-0.3, -0.25) is 4.79 Å². The topological polar surface area (TPSA) is 78.9 Å². The number of nitriles is 1. The van der Waals surface area contributed by atoms with E-state index in [1.54, 1.807) is 24.3 Å². The second kappa shape index (κ2) is 4.67. The molecular formula is C15H17N3O. The van der Waals surface area contributed by atoms with Crippen molar-refractivity contribution in [2.75, 3.05) is 5.32 Å². The van der Waals surface area contributed by atoms with E-state index in [0.717, 1.165) is 18.5 Å². The molecule has 3 rings (SSSR count). The molecule has 0 radical (unpaired) electrons. The first kappa shape index (κ1) is 12.2. The molecule has 1 aromatic rings. The Hall–Kier alpha value is -1.86. The van der Waals surface area contributed by atoms with Crippen LogP contribution in [0.2, 0.25) is 0 Å². The lowest BCUT2D eigenvalue weighted by Gasteiger charge is -2.27. The van der Waals surface area contributed by atoms with Crippen molar-refractivity contribution in [2.45, 2.75) is 25.3 Å². The standard InChI is InChI=1S/C15H17N3O/c16-8-9-1-5-12(6-2-9)18-15(19)13-10-3-4-11(7-10)14(13)17/h1-2,5-6,10-11,13-14H,3-4,7,17H2,(H,18,19). The molecule has 1 amide bonds. The number of carbonyl (C=O) groups excluding carboxylic acids is 1. The lowest BCUT2D eigenvalue weighted by atomic mass is 9.84. The van der Waals surface area contributed by atoms with Gasteiger partial charge < -0.3 is 11.1 Å². The smallest absolute Gasteiger partial charge is 0.229 e. The normalized spacial score (nSPS) is 32.0. The van der Waals surface area contributed by atoms with E-state index in [1.807, 2.05) is 0 Å². The molecule has 19 heavy (non-hydrogen) atoms. The fraction of sp³-hybridized carbons (Fsp3) is 0.467. The lowest BCUT2D eigenvalue weighted by Crippen LogP contribution is -2.42. The maximum atomic E-state index is 12.3. The number of nitrogens with two attached hydrogens (primary N) is 1. The average molecular weight is 255 g/mol. The Morgan fingerprint density at radius 3 is 2.53 bits per heavy atom. The zero-order valence-electron chi connectivity index (χ0n) is 10.7. The molecule has 2 saturated carbocycles. The quantitative estimate of drug-likeness (QED) is 0.846. The highest BCUT2D eigenvalue weighted by molar-refractivity contribution is 5.93. The van der Waals surface area contributed by atoms with Gasteiger partial charge in [0.25, 0.3) is 0 Å². The Kier molecular flexibility index (Phi) is 3.00. The van der Waals surface area contributed by atoms with E-state index in [2.05, 4.69) is 11.4 Å². The molecule has 4 atom stereocenters. The van der Waals surface area contributed by atoms with Gasteiger partial charge in [-0.1, -0.05) is 0 Å². The van der Waals surface area contributed by atoms with E-state index in [4.69, 9.17) is 11.0 Å². The average Bonchev–Trinajstić information content (AvgIpc) is 3.00. The summed E-state index contributed by atoms with van der Waals surface area (Å²) in [4.78, 5) is 12.3. The lowest BCUT2D eigenvalue weighted by molar-refractivity contribution is -0.121. The fourth-order valence-corrected chi connectivity index (χ4v) is 3.58. The van der Waals surface area contributed by atoms with Crippen LogP contribution in [0, 0.1) is 29.1 Å². The van der Waals surface area contributed by atoms with Crippen molar-refractivity contribution in [3.05, 3.63) is 29.8 Å². The summed E-state index contributed by atoms with van der Waals surface area (Å²) in [5, 5.41) is 11.7. The van der Waals surface area contributed by atoms with Crippen molar-refractivity contribution < 1.29 is 4.79 Å². The van der Waals surface area contributed by atoms with Gasteiger partial charge in [-0.15, -0.1) is 0 Å². The van der Waals surface area contributed by atoms with E-state index < -0.39 is 0 Å². The number of benzene rings is 1. The van der Waals surface area contributed by atoms with Gasteiger partial charge >= 0.3 is 0 Å². The molecule has 2 aliphatic carbocycles. The number of fused-ring (bicyclic) bond motifs is 2. The minimum Gasteiger partial charge on any atom is -0.327 e. The molecule has 0 aliphatic heterocycles. The third-order valence-corrected chi connectivity index (χ3v) is 4.56. The summed E-state index contributed by atoms with van der Waals surface area (Å²) in [6, 6.07) is 9.00. The Bertz CT molecular complexity index is 529. The van der Waals surface area contributed by atoms with Crippen LogP contribution < -0.4 is 11.1 Å². The Morgan fingerprint density at radius 1 is 1.26 bits per heavy atom. The number of carbonyl (C=O) groups is 1. The first-order chi connectivity index (χ1) is 9.19. The molecule has 0 saturated heterocycles. The van der Waals surface area contributed by atoms with Crippen molar-refractivity contribution in [2.24, 2.45) is 23.5 Å². The second-order valence-electron chi connectivity index (χ2n) is 5.61. The monoisotopic (exact) mass is 255 g/mol. The Labute approximate surface area is 112 Å². The highest BCUT2D eigenvalue weighted by atomic mass is 16.2. The van der Waals surface area contributed by atoms with Gasteiger partial charge in [-0.25, -0.2) is 0 Å². The first-order valence-corrected chi connectivity index (χ1v) is 6.75. The van der Waals surface area contributed by atoms with Crippen molar-refractivity contribution >= 4 is 11.6 Å². The van der Waals surface area contributed by atoms with Gasteiger partial charge in [0, 0.05) is 11.7 Å². The Balaban J connectivity index is 1.69. The van der Waals surface area contributed by atoms with Crippen LogP contribution in [-0.4, -0.2) is 11.9 Å². The zero-order valence-corrected chi connectivity index (χ0v) is 10.7. The Morgan fingerprint density at radius 2 is 1.95 bits per heavy atom. The van der Waals surface area contributed by atoms with Crippen LogP contribution in [0.4, 0.5) is 5.69 Å². The third kappa shape index (κ3) is 2.11. The van der Waals surface area contributed by atoms with Crippen LogP contribution in [0.15, 0.2) is 24.3 Å². The van der Waals surface area contributed by atoms with E-state index in [-0.39, 0.29) is 17.9 Å². The number of nitrogens with zero attached hydrogens (tertiary/aromatic N) is 1. The number of rotatable bonds is 2. The molecule has 2 bridgehead atoms. The van der Waals surface area contributed by atoms with Crippen LogP contribution in [0.1, 0.15) is 24.8 Å². The minimum atomic E-state index is -0.0469. The van der Waals surface area contributed by atoms with Gasteiger partial charge in [0.2, 0.25) is 5.91 Å². The van der Waals surface area contributed by atoms with Gasteiger partial charge in [0.1, 0.15) is 0 Å². The van der Waals surface area contributed by atoms with Crippen LogP contribution in [0.5, 0.6) is 0 Å². The summed E-state index contributed by atoms with van der Waals surface area (Å²) in [7, 11) is 0. The number of hydrogen-bond donors (Lipinski definition) is 2. The zero-order chi connectivity index (χ0) is 13.4. The number of amides is 1. The second-order valence-corrected chi connectivity index (χ2v) is 5.61. The van der Waals surface area contributed by atoms with E-state index in [1.165, 1.54) is 6.42 Å². The molecule has 98 valence electrons. The predicted octanol–water partition coefficient (Wildman–Crippen LogP) is 1.87. The highest BCUT2D eigenvalue weighted by Gasteiger charge is 2.49. The number of nitrogens with one attached hydrogen (secondary N) is 1. The summed E-state index contributed by atoms with van der Waals surface area (Å²) in [5.74, 6) is 0.971. The molecular weight excluding hydrogens is 238 g/mol. The van der Waals surface area contributed by atoms with Crippen molar-refractivity contribution in [1.82, 2.24) is 0 Å². The van der Waals surface area contributed by atoms with Crippen molar-refractivity contribution in [1.29, 1.82) is 5.26 Å². The van der Waals surface area contributed by atoms with E-state index >= 15 is 0 Å². The molecule has 1 aromatic carbocycles. The summed E-state index contributed by atoms with van der Waals surface area (Å²) < 4.78 is 0. The summed E-state index contributed by atoms with van der Waals surface area (Å²) >= 11 is 0. The van der Waals surface area contributed by atoms with Crippen molar-refractivity contribution in [3.8, 4) is 6.07 Å². The van der Waals surface area contributed by atoms with Gasteiger partial charge in [0.05, 0.1) is 17.6 Å². The van der Waals surface area contributed by atoms with Crippen LogP contribution >= 0.6 is 0 Å². The molecule has 3 N–H and O–H groups in total. The molecule has 2 aliphatic rings. The summed E-state index contributed by atoms with van der Waals surface area (Å²) in [6.07, 6.45) is 3.41. The fourth-order valence-electron chi connectivity index (χ4n) is 3.58. The predicted molar refractivity (Wildman–Crippen MR) is 72.1 cm³/mol. The van der Waals surface area contributed by atoms with Crippen LogP contribution in [0.3, 0.4) is 0 Å². The van der Waals surface area contributed by atoms with Gasteiger partial charge in [-0.2, -0.15) is 5.26 Å². The molecule has 0 spiro atoms. The number of anilines is 1. The maximum absolute atomic E-state index is 12.3. The molecule has 4 unspecified atom stereocenters. The minimum absolute atomic E-state index is 0.0112. The highest BCUT2D eigenvalue weighted by Crippen LogP contribution is 2.47.